The molecule has 0 aliphatic carbocycles. The van der Waals surface area contributed by atoms with Crippen LogP contribution in [0.25, 0.3) is 0 Å². The van der Waals surface area contributed by atoms with Gasteiger partial charge < -0.3 is 15.1 Å². The van der Waals surface area contributed by atoms with Crippen molar-refractivity contribution in [3.63, 3.8) is 0 Å². The molecule has 0 saturated carbocycles. The molecule has 1 N–H and O–H groups in total. The number of hydrogen-bond acceptors (Lipinski definition) is 4. The second kappa shape index (κ2) is 9.75. The van der Waals surface area contributed by atoms with E-state index in [0.717, 1.165) is 15.9 Å². The summed E-state index contributed by atoms with van der Waals surface area (Å²) in [5.41, 5.74) is 2.34. The first-order valence-electron chi connectivity index (χ1n) is 10.2. The first-order chi connectivity index (χ1) is 15.1. The van der Waals surface area contributed by atoms with Gasteiger partial charge in [-0.15, -0.1) is 0 Å². The van der Waals surface area contributed by atoms with E-state index in [4.69, 9.17) is 0 Å². The van der Waals surface area contributed by atoms with Crippen LogP contribution in [0.1, 0.15) is 15.9 Å². The SMILES string of the molecule is O=C(Cc1ccccc1)Nc1ccc(N2CCN(C(=O)c3cccc(Br)c3)CC2)nc1. The largest absolute Gasteiger partial charge is 0.353 e. The van der Waals surface area contributed by atoms with E-state index in [1.54, 1.807) is 6.20 Å². The molecule has 2 aromatic carbocycles. The number of nitrogens with one attached hydrogen (secondary N) is 1. The van der Waals surface area contributed by atoms with Gasteiger partial charge in [-0.1, -0.05) is 52.3 Å². The lowest BCUT2D eigenvalue weighted by Crippen LogP contribution is -2.49. The van der Waals surface area contributed by atoms with Gasteiger partial charge >= 0.3 is 0 Å². The monoisotopic (exact) mass is 478 g/mol. The van der Waals surface area contributed by atoms with E-state index in [1.807, 2.05) is 71.6 Å². The van der Waals surface area contributed by atoms with Gasteiger partial charge in [-0.3, -0.25) is 9.59 Å². The summed E-state index contributed by atoms with van der Waals surface area (Å²) in [6.45, 7) is 2.71. The highest BCUT2D eigenvalue weighted by Gasteiger charge is 2.23. The van der Waals surface area contributed by atoms with Crippen LogP contribution in [-0.2, 0) is 11.2 Å². The third-order valence-corrected chi connectivity index (χ3v) is 5.69. The van der Waals surface area contributed by atoms with Crippen molar-refractivity contribution < 1.29 is 9.59 Å². The first kappa shape index (κ1) is 21.1. The van der Waals surface area contributed by atoms with Crippen LogP contribution < -0.4 is 10.2 Å². The van der Waals surface area contributed by atoms with Gasteiger partial charge in [-0.25, -0.2) is 4.98 Å². The minimum absolute atomic E-state index is 0.0467. The highest BCUT2D eigenvalue weighted by molar-refractivity contribution is 9.10. The molecular formula is C24H23BrN4O2. The Labute approximate surface area is 190 Å². The fraction of sp³-hybridized carbons (Fsp3) is 0.208. The summed E-state index contributed by atoms with van der Waals surface area (Å²) in [5.74, 6) is 0.821. The predicted molar refractivity (Wildman–Crippen MR) is 125 cm³/mol. The van der Waals surface area contributed by atoms with Crippen molar-refractivity contribution in [2.75, 3.05) is 36.4 Å². The fourth-order valence-electron chi connectivity index (χ4n) is 3.58. The molecule has 31 heavy (non-hydrogen) atoms. The van der Waals surface area contributed by atoms with Crippen LogP contribution >= 0.6 is 15.9 Å². The van der Waals surface area contributed by atoms with Crippen LogP contribution in [0.4, 0.5) is 11.5 Å². The molecule has 6 nitrogen and oxygen atoms in total. The number of carbonyl (C=O) groups excluding carboxylic acids is 2. The Bertz CT molecular complexity index is 1050. The summed E-state index contributed by atoms with van der Waals surface area (Å²) in [6.07, 6.45) is 2.01. The second-order valence-electron chi connectivity index (χ2n) is 7.41. The molecule has 0 unspecified atom stereocenters. The summed E-state index contributed by atoms with van der Waals surface area (Å²) >= 11 is 3.42. The normalized spacial score (nSPS) is 13.7. The summed E-state index contributed by atoms with van der Waals surface area (Å²) in [5, 5.41) is 2.89. The zero-order valence-electron chi connectivity index (χ0n) is 17.0. The van der Waals surface area contributed by atoms with Gasteiger partial charge in [0.15, 0.2) is 0 Å². The lowest BCUT2D eigenvalue weighted by molar-refractivity contribution is -0.115. The smallest absolute Gasteiger partial charge is 0.254 e. The maximum Gasteiger partial charge on any atom is 0.254 e. The summed E-state index contributed by atoms with van der Waals surface area (Å²) < 4.78 is 0.900. The van der Waals surface area contributed by atoms with Gasteiger partial charge in [-0.05, 0) is 35.9 Å². The molecule has 1 aliphatic rings. The number of nitrogens with zero attached hydrogens (tertiary/aromatic N) is 3. The Morgan fingerprint density at radius 2 is 1.71 bits per heavy atom. The first-order valence-corrected chi connectivity index (χ1v) is 11.0. The molecule has 0 bridgehead atoms. The van der Waals surface area contributed by atoms with Gasteiger partial charge in [0.25, 0.3) is 5.91 Å². The fourth-order valence-corrected chi connectivity index (χ4v) is 3.98. The molecule has 0 atom stereocenters. The maximum atomic E-state index is 12.7. The number of halogens is 1. The predicted octanol–water partition coefficient (Wildman–Crippen LogP) is 3.99. The number of aromatic nitrogens is 1. The Morgan fingerprint density at radius 3 is 2.39 bits per heavy atom. The van der Waals surface area contributed by atoms with Crippen LogP contribution in [0.3, 0.4) is 0 Å². The zero-order chi connectivity index (χ0) is 21.6. The number of rotatable bonds is 5. The third-order valence-electron chi connectivity index (χ3n) is 5.20. The summed E-state index contributed by atoms with van der Waals surface area (Å²) in [4.78, 5) is 33.4. The average molecular weight is 479 g/mol. The van der Waals surface area contributed by atoms with Crippen LogP contribution in [0.15, 0.2) is 77.4 Å². The standard InChI is InChI=1S/C24H23BrN4O2/c25-20-8-4-7-19(16-20)24(31)29-13-11-28(12-14-29)22-10-9-21(17-26-22)27-23(30)15-18-5-2-1-3-6-18/h1-10,16-17H,11-15H2,(H,27,30). The number of benzene rings is 2. The number of piperazine rings is 1. The number of carbonyl (C=O) groups is 2. The van der Waals surface area contributed by atoms with E-state index >= 15 is 0 Å². The minimum Gasteiger partial charge on any atom is -0.353 e. The van der Waals surface area contributed by atoms with E-state index in [1.165, 1.54) is 0 Å². The van der Waals surface area contributed by atoms with Gasteiger partial charge in [0.05, 0.1) is 18.3 Å². The molecule has 0 spiro atoms. The van der Waals surface area contributed by atoms with E-state index in [0.29, 0.717) is 43.9 Å². The minimum atomic E-state index is -0.0691. The van der Waals surface area contributed by atoms with Crippen molar-refractivity contribution in [2.24, 2.45) is 0 Å². The van der Waals surface area contributed by atoms with Gasteiger partial charge in [0.2, 0.25) is 5.91 Å². The van der Waals surface area contributed by atoms with E-state index in [2.05, 4.69) is 31.1 Å². The zero-order valence-corrected chi connectivity index (χ0v) is 18.6. The molecule has 3 aromatic rings. The molecule has 0 radical (unpaired) electrons. The highest BCUT2D eigenvalue weighted by atomic mass is 79.9. The topological polar surface area (TPSA) is 65.5 Å². The molecule has 2 amide bonds. The Hall–Kier alpha value is -3.19. The Kier molecular flexibility index (Phi) is 6.62. The van der Waals surface area contributed by atoms with E-state index < -0.39 is 0 Å². The quantitative estimate of drug-likeness (QED) is 0.601. The molecule has 1 aromatic heterocycles. The van der Waals surface area contributed by atoms with Crippen molar-refractivity contribution in [1.29, 1.82) is 0 Å². The van der Waals surface area contributed by atoms with Crippen molar-refractivity contribution in [3.8, 4) is 0 Å². The number of hydrogen-bond donors (Lipinski definition) is 1. The average Bonchev–Trinajstić information content (AvgIpc) is 2.80. The lowest BCUT2D eigenvalue weighted by Gasteiger charge is -2.35. The molecule has 4 rings (SSSR count). The summed E-state index contributed by atoms with van der Waals surface area (Å²) in [7, 11) is 0. The molecular weight excluding hydrogens is 456 g/mol. The second-order valence-corrected chi connectivity index (χ2v) is 8.32. The van der Waals surface area contributed by atoms with Crippen molar-refractivity contribution in [3.05, 3.63) is 88.5 Å². The van der Waals surface area contributed by atoms with Crippen LogP contribution in [0.2, 0.25) is 0 Å². The van der Waals surface area contributed by atoms with Gasteiger partial charge in [-0.2, -0.15) is 0 Å². The van der Waals surface area contributed by atoms with Crippen LogP contribution in [0.5, 0.6) is 0 Å². The van der Waals surface area contributed by atoms with E-state index in [9.17, 15) is 9.59 Å². The highest BCUT2D eigenvalue weighted by Crippen LogP contribution is 2.19. The third kappa shape index (κ3) is 5.49. The Balaban J connectivity index is 1.30. The molecule has 1 aliphatic heterocycles. The summed E-state index contributed by atoms with van der Waals surface area (Å²) in [6, 6.07) is 20.9. The maximum absolute atomic E-state index is 12.7. The number of pyridine rings is 1. The van der Waals surface area contributed by atoms with Crippen molar-refractivity contribution >= 4 is 39.2 Å². The lowest BCUT2D eigenvalue weighted by atomic mass is 10.1. The Morgan fingerprint density at radius 1 is 0.935 bits per heavy atom. The van der Waals surface area contributed by atoms with E-state index in [-0.39, 0.29) is 11.8 Å². The number of anilines is 2. The molecule has 7 heteroatoms. The molecule has 2 heterocycles. The van der Waals surface area contributed by atoms with Crippen molar-refractivity contribution in [1.82, 2.24) is 9.88 Å². The van der Waals surface area contributed by atoms with Gasteiger partial charge in [0, 0.05) is 36.2 Å². The van der Waals surface area contributed by atoms with Crippen LogP contribution in [0, 0.1) is 0 Å². The van der Waals surface area contributed by atoms with Gasteiger partial charge in [0.1, 0.15) is 5.82 Å². The molecule has 1 fully saturated rings. The van der Waals surface area contributed by atoms with Crippen LogP contribution in [-0.4, -0.2) is 47.9 Å². The molecule has 158 valence electrons. The number of amides is 2. The molecule has 1 saturated heterocycles. The van der Waals surface area contributed by atoms with Crippen molar-refractivity contribution in [2.45, 2.75) is 6.42 Å².